The van der Waals surface area contributed by atoms with Gasteiger partial charge < -0.3 is 5.41 Å². The van der Waals surface area contributed by atoms with Crippen LogP contribution in [0.1, 0.15) is 0 Å². The predicted molar refractivity (Wildman–Crippen MR) is 27.5 cm³/mol. The van der Waals surface area contributed by atoms with E-state index in [1.165, 1.54) is 19.3 Å². The third-order valence-corrected chi connectivity index (χ3v) is 0.398. The molecule has 0 spiro atoms. The van der Waals surface area contributed by atoms with Gasteiger partial charge in [-0.3, -0.25) is 10.3 Å². The maximum Gasteiger partial charge on any atom is 0.0334 e. The van der Waals surface area contributed by atoms with Gasteiger partial charge in [0, 0.05) is 19.5 Å². The van der Waals surface area contributed by atoms with Crippen molar-refractivity contribution in [2.45, 2.75) is 0 Å². The van der Waals surface area contributed by atoms with Gasteiger partial charge in [0.15, 0.2) is 0 Å². The molecule has 7 heavy (non-hydrogen) atoms. The highest BCUT2D eigenvalue weighted by atomic mass is 16.5. The summed E-state index contributed by atoms with van der Waals surface area (Å²) in [5.41, 5.74) is 0. The highest BCUT2D eigenvalue weighted by Gasteiger charge is 1.70. The van der Waals surface area contributed by atoms with Gasteiger partial charge in [-0.05, 0) is 6.08 Å². The molecular formula is C4H8N2O. The van der Waals surface area contributed by atoms with Crippen molar-refractivity contribution in [3.63, 3.8) is 0 Å². The molecule has 0 aromatic rings. The summed E-state index contributed by atoms with van der Waals surface area (Å²) in [7, 11) is 1.47. The Balaban J connectivity index is 3.25. The SMILES string of the molecule is CN(O)/C=C\C=N. The summed E-state index contributed by atoms with van der Waals surface area (Å²) in [6, 6.07) is 0. The lowest BCUT2D eigenvalue weighted by molar-refractivity contribution is -0.0127. The minimum Gasteiger partial charge on any atom is -0.309 e. The van der Waals surface area contributed by atoms with Gasteiger partial charge in [-0.1, -0.05) is 0 Å². The zero-order valence-corrected chi connectivity index (χ0v) is 4.13. The van der Waals surface area contributed by atoms with Crippen LogP contribution >= 0.6 is 0 Å². The number of hydroxylamine groups is 2. The molecule has 0 saturated carbocycles. The summed E-state index contributed by atoms with van der Waals surface area (Å²) in [5, 5.41) is 15.7. The fourth-order valence-corrected chi connectivity index (χ4v) is 0.168. The van der Waals surface area contributed by atoms with E-state index in [0.717, 1.165) is 11.3 Å². The van der Waals surface area contributed by atoms with E-state index in [2.05, 4.69) is 0 Å². The van der Waals surface area contributed by atoms with E-state index in [1.54, 1.807) is 0 Å². The van der Waals surface area contributed by atoms with E-state index in [4.69, 9.17) is 10.6 Å². The highest BCUT2D eigenvalue weighted by Crippen LogP contribution is 1.70. The lowest BCUT2D eigenvalue weighted by Crippen LogP contribution is -2.00. The minimum absolute atomic E-state index is 0.880. The van der Waals surface area contributed by atoms with Crippen molar-refractivity contribution in [2.75, 3.05) is 7.05 Å². The van der Waals surface area contributed by atoms with E-state index >= 15 is 0 Å². The molecule has 0 bridgehead atoms. The highest BCUT2D eigenvalue weighted by molar-refractivity contribution is 5.67. The number of hydrogen-bond acceptors (Lipinski definition) is 3. The quantitative estimate of drug-likeness (QED) is 0.391. The fraction of sp³-hybridized carbons (Fsp3) is 0.250. The van der Waals surface area contributed by atoms with Crippen LogP contribution in [-0.4, -0.2) is 23.5 Å². The number of rotatable bonds is 2. The molecular weight excluding hydrogens is 92.1 g/mol. The van der Waals surface area contributed by atoms with Crippen LogP contribution in [-0.2, 0) is 0 Å². The number of nitrogens with one attached hydrogen (secondary N) is 1. The first-order chi connectivity index (χ1) is 3.27. The Morgan fingerprint density at radius 2 is 2.29 bits per heavy atom. The molecule has 0 aliphatic carbocycles. The van der Waals surface area contributed by atoms with Gasteiger partial charge >= 0.3 is 0 Å². The van der Waals surface area contributed by atoms with E-state index in [-0.39, 0.29) is 0 Å². The zero-order chi connectivity index (χ0) is 5.70. The van der Waals surface area contributed by atoms with Crippen LogP contribution in [0.3, 0.4) is 0 Å². The van der Waals surface area contributed by atoms with Crippen LogP contribution in [0.15, 0.2) is 12.3 Å². The summed E-state index contributed by atoms with van der Waals surface area (Å²) in [4.78, 5) is 0. The molecule has 0 amide bonds. The van der Waals surface area contributed by atoms with Crippen molar-refractivity contribution in [3.8, 4) is 0 Å². The third kappa shape index (κ3) is 5.17. The normalized spacial score (nSPS) is 9.43. The summed E-state index contributed by atoms with van der Waals surface area (Å²) >= 11 is 0. The molecule has 0 unspecified atom stereocenters. The third-order valence-electron chi connectivity index (χ3n) is 0.398. The Morgan fingerprint density at radius 1 is 1.71 bits per heavy atom. The van der Waals surface area contributed by atoms with Crippen LogP contribution in [0, 0.1) is 5.41 Å². The van der Waals surface area contributed by atoms with Gasteiger partial charge in [0.2, 0.25) is 0 Å². The number of nitrogens with zero attached hydrogens (tertiary/aromatic N) is 1. The van der Waals surface area contributed by atoms with Gasteiger partial charge in [0.25, 0.3) is 0 Å². The molecule has 0 atom stereocenters. The molecule has 0 heterocycles. The lowest BCUT2D eigenvalue weighted by atomic mass is 10.7. The monoisotopic (exact) mass is 100 g/mol. The van der Waals surface area contributed by atoms with Gasteiger partial charge in [0.1, 0.15) is 0 Å². The summed E-state index contributed by atoms with van der Waals surface area (Å²) in [5.74, 6) is 0. The second kappa shape index (κ2) is 3.36. The molecule has 0 saturated heterocycles. The van der Waals surface area contributed by atoms with Crippen molar-refractivity contribution in [3.05, 3.63) is 12.3 Å². The van der Waals surface area contributed by atoms with E-state index < -0.39 is 0 Å². The Morgan fingerprint density at radius 3 is 2.43 bits per heavy atom. The average Bonchev–Trinajstić information content (AvgIpc) is 1.61. The van der Waals surface area contributed by atoms with Crippen molar-refractivity contribution in [1.29, 1.82) is 5.41 Å². The topological polar surface area (TPSA) is 47.3 Å². The van der Waals surface area contributed by atoms with Gasteiger partial charge in [-0.25, -0.2) is 0 Å². The lowest BCUT2D eigenvalue weighted by Gasteiger charge is -1.97. The molecule has 3 heteroatoms. The minimum atomic E-state index is 0.880. The Bertz CT molecular complexity index is 77.8. The molecule has 0 fully saturated rings. The van der Waals surface area contributed by atoms with Crippen molar-refractivity contribution in [1.82, 2.24) is 5.06 Å². The maximum atomic E-state index is 8.33. The van der Waals surface area contributed by atoms with Crippen molar-refractivity contribution >= 4 is 6.21 Å². The van der Waals surface area contributed by atoms with Crippen LogP contribution < -0.4 is 0 Å². The maximum absolute atomic E-state index is 8.33. The Kier molecular flexibility index (Phi) is 2.96. The Labute approximate surface area is 42.3 Å². The number of allylic oxidation sites excluding steroid dienone is 1. The molecule has 0 rings (SSSR count). The van der Waals surface area contributed by atoms with E-state index in [1.807, 2.05) is 0 Å². The average molecular weight is 100 g/mol. The van der Waals surface area contributed by atoms with Crippen LogP contribution in [0.5, 0.6) is 0 Å². The van der Waals surface area contributed by atoms with Gasteiger partial charge in [-0.15, -0.1) is 0 Å². The molecule has 3 nitrogen and oxygen atoms in total. The Hall–Kier alpha value is -0.830. The predicted octanol–water partition coefficient (Wildman–Crippen LogP) is 0.471. The van der Waals surface area contributed by atoms with Crippen molar-refractivity contribution < 1.29 is 5.21 Å². The van der Waals surface area contributed by atoms with Crippen molar-refractivity contribution in [2.24, 2.45) is 0 Å². The van der Waals surface area contributed by atoms with E-state index in [9.17, 15) is 0 Å². The largest absolute Gasteiger partial charge is 0.309 e. The first-order valence-electron chi connectivity index (χ1n) is 1.86. The second-order valence-corrected chi connectivity index (χ2v) is 1.08. The zero-order valence-electron chi connectivity index (χ0n) is 4.13. The first kappa shape index (κ1) is 6.17. The van der Waals surface area contributed by atoms with Crippen LogP contribution in [0.4, 0.5) is 0 Å². The smallest absolute Gasteiger partial charge is 0.0334 e. The molecule has 2 N–H and O–H groups in total. The summed E-state index contributed by atoms with van der Waals surface area (Å²) < 4.78 is 0. The van der Waals surface area contributed by atoms with Crippen LogP contribution in [0.25, 0.3) is 0 Å². The van der Waals surface area contributed by atoms with Gasteiger partial charge in [-0.2, -0.15) is 0 Å². The van der Waals surface area contributed by atoms with Crippen LogP contribution in [0.2, 0.25) is 0 Å². The summed E-state index contributed by atoms with van der Waals surface area (Å²) in [6.07, 6.45) is 3.87. The standard InChI is InChI=1S/C4H8N2O/c1-6(7)4-2-3-5/h2-5,7H,1H3/b4-2-,5-3?. The molecule has 0 aromatic heterocycles. The fourth-order valence-electron chi connectivity index (χ4n) is 0.168. The summed E-state index contributed by atoms with van der Waals surface area (Å²) in [6.45, 7) is 0. The molecule has 40 valence electrons. The van der Waals surface area contributed by atoms with E-state index in [0.29, 0.717) is 0 Å². The van der Waals surface area contributed by atoms with Gasteiger partial charge in [0.05, 0.1) is 0 Å². The molecule has 0 aromatic carbocycles. The second-order valence-electron chi connectivity index (χ2n) is 1.08. The molecule has 0 radical (unpaired) electrons. The first-order valence-corrected chi connectivity index (χ1v) is 1.86. The molecule has 0 aliphatic heterocycles. The number of hydrogen-bond donors (Lipinski definition) is 2. The molecule has 0 aliphatic rings.